The monoisotopic (exact) mass is 347 g/mol. The topological polar surface area (TPSA) is 45.2 Å². The van der Waals surface area contributed by atoms with E-state index in [1.54, 1.807) is 23.5 Å². The van der Waals surface area contributed by atoms with Crippen molar-refractivity contribution in [3.8, 4) is 10.6 Å². The molecule has 128 valence electrons. The van der Waals surface area contributed by atoms with Gasteiger partial charge in [-0.25, -0.2) is 9.37 Å². The Morgan fingerprint density at radius 1 is 1.33 bits per heavy atom. The van der Waals surface area contributed by atoms with Gasteiger partial charge in [0.25, 0.3) is 0 Å². The number of carbonyl (C=O) groups is 1. The Hall–Kier alpha value is -1.79. The molecule has 0 aliphatic carbocycles. The molecule has 1 fully saturated rings. The molecule has 4 nitrogen and oxygen atoms in total. The Morgan fingerprint density at radius 2 is 2.00 bits per heavy atom. The highest BCUT2D eigenvalue weighted by atomic mass is 32.1. The molecule has 0 bridgehead atoms. The number of amides is 1. The summed E-state index contributed by atoms with van der Waals surface area (Å²) >= 11 is 1.59. The van der Waals surface area contributed by atoms with Gasteiger partial charge in [0.1, 0.15) is 10.8 Å². The van der Waals surface area contributed by atoms with Gasteiger partial charge in [-0.05, 0) is 51.0 Å². The Kier molecular flexibility index (Phi) is 5.26. The number of rotatable bonds is 5. The molecule has 0 spiro atoms. The van der Waals surface area contributed by atoms with E-state index in [-0.39, 0.29) is 17.8 Å². The number of likely N-dealkylation sites (tertiary alicyclic amines) is 1. The molecule has 24 heavy (non-hydrogen) atoms. The van der Waals surface area contributed by atoms with E-state index in [1.807, 2.05) is 18.7 Å². The zero-order valence-corrected chi connectivity index (χ0v) is 14.8. The molecule has 1 aromatic carbocycles. The summed E-state index contributed by atoms with van der Waals surface area (Å²) in [4.78, 5) is 19.8. The molecule has 1 atom stereocenters. The molecule has 1 saturated heterocycles. The van der Waals surface area contributed by atoms with E-state index >= 15 is 0 Å². The lowest BCUT2D eigenvalue weighted by atomic mass is 10.2. The zero-order valence-electron chi connectivity index (χ0n) is 14.0. The number of aromatic nitrogens is 1. The van der Waals surface area contributed by atoms with E-state index in [0.29, 0.717) is 6.54 Å². The molecule has 1 aromatic heterocycles. The van der Waals surface area contributed by atoms with Crippen LogP contribution in [-0.2, 0) is 4.79 Å². The van der Waals surface area contributed by atoms with Crippen LogP contribution in [0.15, 0.2) is 24.3 Å². The zero-order chi connectivity index (χ0) is 17.1. The van der Waals surface area contributed by atoms with Crippen LogP contribution in [0.3, 0.4) is 0 Å². The number of halogens is 1. The van der Waals surface area contributed by atoms with Crippen molar-refractivity contribution in [2.45, 2.75) is 32.7 Å². The van der Waals surface area contributed by atoms with E-state index in [0.717, 1.165) is 47.1 Å². The first-order valence-corrected chi connectivity index (χ1v) is 9.10. The minimum Gasteiger partial charge on any atom is -0.342 e. The molecule has 1 N–H and O–H groups in total. The van der Waals surface area contributed by atoms with Crippen LogP contribution < -0.4 is 5.32 Å². The van der Waals surface area contributed by atoms with E-state index in [4.69, 9.17) is 0 Å². The molecule has 2 aromatic rings. The molecule has 0 saturated carbocycles. The van der Waals surface area contributed by atoms with E-state index in [2.05, 4.69) is 10.3 Å². The molecule has 0 radical (unpaired) electrons. The predicted molar refractivity (Wildman–Crippen MR) is 94.5 cm³/mol. The quantitative estimate of drug-likeness (QED) is 0.900. The van der Waals surface area contributed by atoms with Crippen molar-refractivity contribution in [2.24, 2.45) is 0 Å². The molecular weight excluding hydrogens is 325 g/mol. The van der Waals surface area contributed by atoms with Gasteiger partial charge >= 0.3 is 0 Å². The summed E-state index contributed by atoms with van der Waals surface area (Å²) in [7, 11) is 0. The second kappa shape index (κ2) is 7.40. The minimum atomic E-state index is -0.247. The van der Waals surface area contributed by atoms with Crippen molar-refractivity contribution in [1.82, 2.24) is 15.2 Å². The van der Waals surface area contributed by atoms with Gasteiger partial charge in [-0.1, -0.05) is 0 Å². The number of thiazole rings is 1. The van der Waals surface area contributed by atoms with Crippen LogP contribution in [0.25, 0.3) is 10.6 Å². The Labute approximate surface area is 145 Å². The fourth-order valence-corrected chi connectivity index (χ4v) is 4.04. The maximum Gasteiger partial charge on any atom is 0.236 e. The van der Waals surface area contributed by atoms with Gasteiger partial charge in [0.2, 0.25) is 5.91 Å². The Balaban J connectivity index is 1.65. The lowest BCUT2D eigenvalue weighted by Gasteiger charge is -2.18. The van der Waals surface area contributed by atoms with E-state index in [1.165, 1.54) is 12.1 Å². The molecule has 1 aliphatic rings. The third-order valence-corrected chi connectivity index (χ3v) is 5.72. The van der Waals surface area contributed by atoms with E-state index in [9.17, 15) is 9.18 Å². The standard InChI is InChI=1S/C18H22FN3OS/c1-12(20-11-16(23)22-9-3-4-10-22)17-13(2)21-18(24-17)14-5-7-15(19)8-6-14/h5-8,12,20H,3-4,9-11H2,1-2H3/t12-/m1/s1. The van der Waals surface area contributed by atoms with Crippen molar-refractivity contribution < 1.29 is 9.18 Å². The van der Waals surface area contributed by atoms with Crippen LogP contribution in [0.5, 0.6) is 0 Å². The van der Waals surface area contributed by atoms with Crippen LogP contribution in [0.1, 0.15) is 36.4 Å². The molecule has 6 heteroatoms. The number of nitrogens with zero attached hydrogens (tertiary/aromatic N) is 2. The maximum atomic E-state index is 13.1. The smallest absolute Gasteiger partial charge is 0.236 e. The SMILES string of the molecule is Cc1nc(-c2ccc(F)cc2)sc1[C@@H](C)NCC(=O)N1CCCC1. The highest BCUT2D eigenvalue weighted by Crippen LogP contribution is 2.31. The third kappa shape index (κ3) is 3.82. The number of aryl methyl sites for hydroxylation is 1. The molecular formula is C18H22FN3OS. The summed E-state index contributed by atoms with van der Waals surface area (Å²) in [6, 6.07) is 6.44. The number of carbonyl (C=O) groups excluding carboxylic acids is 1. The molecule has 0 unspecified atom stereocenters. The first kappa shape index (κ1) is 17.0. The summed E-state index contributed by atoms with van der Waals surface area (Å²) in [6.07, 6.45) is 2.21. The highest BCUT2D eigenvalue weighted by molar-refractivity contribution is 7.15. The first-order chi connectivity index (χ1) is 11.5. The van der Waals surface area contributed by atoms with Crippen LogP contribution >= 0.6 is 11.3 Å². The van der Waals surface area contributed by atoms with Crippen LogP contribution in [0, 0.1) is 12.7 Å². The molecule has 1 aliphatic heterocycles. The van der Waals surface area contributed by atoms with Gasteiger partial charge in [0.05, 0.1) is 12.2 Å². The van der Waals surface area contributed by atoms with Crippen LogP contribution in [0.2, 0.25) is 0 Å². The highest BCUT2D eigenvalue weighted by Gasteiger charge is 2.20. The van der Waals surface area contributed by atoms with Crippen LogP contribution in [-0.4, -0.2) is 35.4 Å². The van der Waals surface area contributed by atoms with Gasteiger partial charge < -0.3 is 10.2 Å². The van der Waals surface area contributed by atoms with Crippen LogP contribution in [0.4, 0.5) is 4.39 Å². The van der Waals surface area contributed by atoms with Gasteiger partial charge in [-0.2, -0.15) is 0 Å². The second-order valence-electron chi connectivity index (χ2n) is 6.17. The Bertz CT molecular complexity index is 708. The van der Waals surface area contributed by atoms with Crippen molar-refractivity contribution in [3.05, 3.63) is 40.7 Å². The van der Waals surface area contributed by atoms with Gasteiger partial charge in [-0.15, -0.1) is 11.3 Å². The fraction of sp³-hybridized carbons (Fsp3) is 0.444. The lowest BCUT2D eigenvalue weighted by Crippen LogP contribution is -2.37. The average Bonchev–Trinajstić information content (AvgIpc) is 3.23. The fourth-order valence-electron chi connectivity index (χ4n) is 2.94. The molecule has 3 rings (SSSR count). The lowest BCUT2D eigenvalue weighted by molar-refractivity contribution is -0.129. The van der Waals surface area contributed by atoms with Gasteiger partial charge in [-0.3, -0.25) is 4.79 Å². The number of benzene rings is 1. The van der Waals surface area contributed by atoms with Gasteiger partial charge in [0.15, 0.2) is 0 Å². The summed E-state index contributed by atoms with van der Waals surface area (Å²) in [5, 5.41) is 4.19. The molecule has 2 heterocycles. The minimum absolute atomic E-state index is 0.0586. The summed E-state index contributed by atoms with van der Waals surface area (Å²) < 4.78 is 13.1. The van der Waals surface area contributed by atoms with Crippen molar-refractivity contribution >= 4 is 17.2 Å². The number of nitrogens with one attached hydrogen (secondary N) is 1. The van der Waals surface area contributed by atoms with E-state index < -0.39 is 0 Å². The normalized spacial score (nSPS) is 15.7. The summed E-state index contributed by atoms with van der Waals surface area (Å²) in [5.41, 5.74) is 1.86. The maximum absolute atomic E-state index is 13.1. The molecule has 1 amide bonds. The third-order valence-electron chi connectivity index (χ3n) is 4.34. The van der Waals surface area contributed by atoms with Crippen molar-refractivity contribution in [1.29, 1.82) is 0 Å². The van der Waals surface area contributed by atoms with Crippen molar-refractivity contribution in [3.63, 3.8) is 0 Å². The van der Waals surface area contributed by atoms with Crippen molar-refractivity contribution in [2.75, 3.05) is 19.6 Å². The summed E-state index contributed by atoms with van der Waals surface area (Å²) in [5.74, 6) is -0.0806. The number of hydrogen-bond acceptors (Lipinski definition) is 4. The Morgan fingerprint density at radius 3 is 2.67 bits per heavy atom. The number of hydrogen-bond donors (Lipinski definition) is 1. The summed E-state index contributed by atoms with van der Waals surface area (Å²) in [6.45, 7) is 6.13. The second-order valence-corrected chi connectivity index (χ2v) is 7.20. The predicted octanol–water partition coefficient (Wildman–Crippen LogP) is 3.53. The largest absolute Gasteiger partial charge is 0.342 e. The van der Waals surface area contributed by atoms with Gasteiger partial charge in [0, 0.05) is 29.6 Å². The average molecular weight is 347 g/mol. The first-order valence-electron chi connectivity index (χ1n) is 8.29.